The highest BCUT2D eigenvalue weighted by Gasteiger charge is 2.23. The highest BCUT2D eigenvalue weighted by molar-refractivity contribution is 7.86. The van der Waals surface area contributed by atoms with Crippen molar-refractivity contribution in [2.75, 3.05) is 0 Å². The fourth-order valence-corrected chi connectivity index (χ4v) is 3.42. The predicted octanol–water partition coefficient (Wildman–Crippen LogP) is 5.03. The number of halogens is 3. The van der Waals surface area contributed by atoms with Gasteiger partial charge in [-0.05, 0) is 49.4 Å². The lowest BCUT2D eigenvalue weighted by molar-refractivity contribution is 0.0992. The average molecular weight is 362 g/mol. The van der Waals surface area contributed by atoms with E-state index in [0.29, 0.717) is 25.5 Å². The van der Waals surface area contributed by atoms with Crippen LogP contribution in [0.2, 0.25) is 15.1 Å². The highest BCUT2D eigenvalue weighted by atomic mass is 35.5. The Hall–Kier alpha value is -0.870. The van der Waals surface area contributed by atoms with Crippen molar-refractivity contribution < 1.29 is 9.00 Å². The second kappa shape index (κ2) is 6.93. The van der Waals surface area contributed by atoms with Gasteiger partial charge >= 0.3 is 0 Å². The van der Waals surface area contributed by atoms with E-state index in [-0.39, 0.29) is 5.78 Å². The maximum absolute atomic E-state index is 12.5. The van der Waals surface area contributed by atoms with E-state index in [1.165, 1.54) is 6.07 Å². The minimum Gasteiger partial charge on any atom is -0.293 e. The largest absolute Gasteiger partial charge is 0.293 e. The lowest BCUT2D eigenvalue weighted by Gasteiger charge is -2.11. The minimum atomic E-state index is -1.51. The van der Waals surface area contributed by atoms with Gasteiger partial charge in [-0.2, -0.15) is 0 Å². The first-order chi connectivity index (χ1) is 9.90. The molecule has 0 aliphatic carbocycles. The minimum absolute atomic E-state index is 0.212. The number of rotatable bonds is 4. The summed E-state index contributed by atoms with van der Waals surface area (Å²) in [6.45, 7) is 1.62. The highest BCUT2D eigenvalue weighted by Crippen LogP contribution is 2.26. The summed E-state index contributed by atoms with van der Waals surface area (Å²) in [5.41, 5.74) is 0.473. The van der Waals surface area contributed by atoms with Gasteiger partial charge in [0.25, 0.3) is 0 Å². The molecule has 0 N–H and O–H groups in total. The molecule has 0 bridgehead atoms. The van der Waals surface area contributed by atoms with Gasteiger partial charge in [0.15, 0.2) is 5.78 Å². The Morgan fingerprint density at radius 1 is 1.00 bits per heavy atom. The molecule has 2 aromatic carbocycles. The van der Waals surface area contributed by atoms with Gasteiger partial charge in [-0.1, -0.05) is 34.8 Å². The van der Waals surface area contributed by atoms with Crippen LogP contribution >= 0.6 is 34.8 Å². The first-order valence-corrected chi connectivity index (χ1v) is 8.40. The van der Waals surface area contributed by atoms with E-state index in [9.17, 15) is 9.00 Å². The summed E-state index contributed by atoms with van der Waals surface area (Å²) in [5, 5.41) is 0.552. The van der Waals surface area contributed by atoms with Crippen LogP contribution in [0.25, 0.3) is 0 Å². The molecular weight excluding hydrogens is 351 g/mol. The summed E-state index contributed by atoms with van der Waals surface area (Å²) in [6.07, 6.45) is 0. The van der Waals surface area contributed by atoms with E-state index >= 15 is 0 Å². The van der Waals surface area contributed by atoms with E-state index in [1.807, 2.05) is 0 Å². The molecule has 0 spiro atoms. The summed E-state index contributed by atoms with van der Waals surface area (Å²) in [7, 11) is -1.51. The van der Waals surface area contributed by atoms with Crippen LogP contribution in [-0.2, 0) is 10.8 Å². The monoisotopic (exact) mass is 360 g/mol. The molecule has 0 saturated carbocycles. The van der Waals surface area contributed by atoms with E-state index in [2.05, 4.69) is 0 Å². The molecule has 0 saturated heterocycles. The lowest BCUT2D eigenvalue weighted by Crippen LogP contribution is -2.22. The van der Waals surface area contributed by atoms with Gasteiger partial charge in [0, 0.05) is 15.5 Å². The van der Waals surface area contributed by atoms with Crippen molar-refractivity contribution in [3.63, 3.8) is 0 Å². The second-order valence-corrected chi connectivity index (χ2v) is 7.41. The van der Waals surface area contributed by atoms with Crippen LogP contribution in [0.4, 0.5) is 0 Å². The number of hydrogen-bond acceptors (Lipinski definition) is 2. The second-order valence-electron chi connectivity index (χ2n) is 4.39. The molecular formula is C15H11Cl3O2S. The molecule has 2 rings (SSSR count). The summed E-state index contributed by atoms with van der Waals surface area (Å²) in [4.78, 5) is 12.8. The fraction of sp³-hybridized carbons (Fsp3) is 0.133. The van der Waals surface area contributed by atoms with Gasteiger partial charge in [-0.25, -0.2) is 0 Å². The maximum atomic E-state index is 12.5. The third-order valence-corrected chi connectivity index (χ3v) is 5.51. The van der Waals surface area contributed by atoms with Gasteiger partial charge in [0.1, 0.15) is 0 Å². The molecule has 2 unspecified atom stereocenters. The van der Waals surface area contributed by atoms with Crippen molar-refractivity contribution in [2.45, 2.75) is 17.1 Å². The Morgan fingerprint density at radius 2 is 1.62 bits per heavy atom. The van der Waals surface area contributed by atoms with Crippen molar-refractivity contribution in [1.82, 2.24) is 0 Å². The molecule has 110 valence electrons. The molecule has 0 heterocycles. The molecule has 6 heteroatoms. The third kappa shape index (κ3) is 3.86. The number of hydrogen-bond donors (Lipinski definition) is 0. The number of benzene rings is 2. The molecule has 2 aromatic rings. The van der Waals surface area contributed by atoms with Crippen molar-refractivity contribution in [3.05, 3.63) is 63.1 Å². The number of carbonyl (C=O) groups is 1. The molecule has 21 heavy (non-hydrogen) atoms. The predicted molar refractivity (Wildman–Crippen MR) is 88.1 cm³/mol. The van der Waals surface area contributed by atoms with Gasteiger partial charge in [0.2, 0.25) is 0 Å². The van der Waals surface area contributed by atoms with Gasteiger partial charge in [-0.3, -0.25) is 9.00 Å². The summed E-state index contributed by atoms with van der Waals surface area (Å²) < 4.78 is 12.5. The number of Topliss-reactive ketones (excluding diaryl/α,β-unsaturated/α-hetero) is 1. The quantitative estimate of drug-likeness (QED) is 0.716. The van der Waals surface area contributed by atoms with Gasteiger partial charge in [-0.15, -0.1) is 0 Å². The molecule has 0 amide bonds. The van der Waals surface area contributed by atoms with Crippen molar-refractivity contribution in [3.8, 4) is 0 Å². The molecule has 0 aliphatic rings. The zero-order valence-corrected chi connectivity index (χ0v) is 14.1. The van der Waals surface area contributed by atoms with Crippen LogP contribution in [0.15, 0.2) is 47.4 Å². The molecule has 2 nitrogen and oxygen atoms in total. The third-order valence-electron chi connectivity index (χ3n) is 2.94. The van der Waals surface area contributed by atoms with Crippen LogP contribution < -0.4 is 0 Å². The fourth-order valence-electron chi connectivity index (χ4n) is 1.75. The zero-order valence-electron chi connectivity index (χ0n) is 11.0. The Morgan fingerprint density at radius 3 is 2.19 bits per heavy atom. The van der Waals surface area contributed by atoms with Crippen LogP contribution in [-0.4, -0.2) is 15.2 Å². The summed E-state index contributed by atoms with van der Waals surface area (Å²) in [5.74, 6) is -0.212. The van der Waals surface area contributed by atoms with Crippen LogP contribution in [0, 0.1) is 0 Å². The van der Waals surface area contributed by atoms with E-state index in [4.69, 9.17) is 34.8 Å². The molecule has 0 radical (unpaired) electrons. The zero-order chi connectivity index (χ0) is 15.6. The van der Waals surface area contributed by atoms with Gasteiger partial charge in [0.05, 0.1) is 26.1 Å². The Bertz CT molecular complexity index is 699. The Kier molecular flexibility index (Phi) is 5.44. The smallest absolute Gasteiger partial charge is 0.178 e. The van der Waals surface area contributed by atoms with Crippen molar-refractivity contribution in [1.29, 1.82) is 0 Å². The molecule has 0 fully saturated rings. The first kappa shape index (κ1) is 16.5. The first-order valence-electron chi connectivity index (χ1n) is 6.05. The summed E-state index contributed by atoms with van der Waals surface area (Å²) >= 11 is 17.5. The van der Waals surface area contributed by atoms with Crippen LogP contribution in [0.3, 0.4) is 0 Å². The van der Waals surface area contributed by atoms with E-state index < -0.39 is 16.0 Å². The SMILES string of the molecule is CC(C(=O)c1ccc(Cl)cc1)S(=O)c1ccc(Cl)c(Cl)c1. The lowest BCUT2D eigenvalue weighted by atomic mass is 10.1. The number of ketones is 1. The molecule has 2 atom stereocenters. The van der Waals surface area contributed by atoms with Crippen LogP contribution in [0.1, 0.15) is 17.3 Å². The van der Waals surface area contributed by atoms with Crippen molar-refractivity contribution in [2.24, 2.45) is 0 Å². The Labute approximate surface area is 140 Å². The average Bonchev–Trinajstić information content (AvgIpc) is 2.48. The molecule has 0 aliphatic heterocycles. The van der Waals surface area contributed by atoms with E-state index in [0.717, 1.165) is 0 Å². The normalized spacial score (nSPS) is 13.7. The van der Waals surface area contributed by atoms with Crippen LogP contribution in [0.5, 0.6) is 0 Å². The van der Waals surface area contributed by atoms with Crippen molar-refractivity contribution >= 4 is 51.4 Å². The number of carbonyl (C=O) groups excluding carboxylic acids is 1. The topological polar surface area (TPSA) is 34.1 Å². The Balaban J connectivity index is 2.24. The van der Waals surface area contributed by atoms with E-state index in [1.54, 1.807) is 43.3 Å². The van der Waals surface area contributed by atoms with Gasteiger partial charge < -0.3 is 0 Å². The summed E-state index contributed by atoms with van der Waals surface area (Å²) in [6, 6.07) is 11.2. The standard InChI is InChI=1S/C15H11Cl3O2S/c1-9(15(19)10-2-4-11(16)5-3-10)21(20)12-6-7-13(17)14(18)8-12/h2-9H,1H3. The molecule has 0 aromatic heterocycles. The maximum Gasteiger partial charge on any atom is 0.178 e.